The second kappa shape index (κ2) is 8.99. The monoisotopic (exact) mass is 443 g/mol. The summed E-state index contributed by atoms with van der Waals surface area (Å²) < 4.78 is 46.1. The highest BCUT2D eigenvalue weighted by Crippen LogP contribution is 2.42. The molecule has 3 rings (SSSR count). The smallest absolute Gasteiger partial charge is 0.170 e. The maximum Gasteiger partial charge on any atom is 0.170 e. The van der Waals surface area contributed by atoms with Gasteiger partial charge in [-0.3, -0.25) is 0 Å². The molecule has 1 aliphatic rings. The topological polar surface area (TPSA) is 3.24 Å². The highest BCUT2D eigenvalue weighted by Gasteiger charge is 2.27. The average Bonchev–Trinajstić information content (AvgIpc) is 2.72. The van der Waals surface area contributed by atoms with E-state index in [1.807, 2.05) is 51.9 Å². The number of halogens is 3. The zero-order chi connectivity index (χ0) is 23.0. The Labute approximate surface area is 188 Å². The molecule has 2 aromatic rings. The molecule has 0 saturated heterocycles. The fraction of sp³-hybridized carbons (Fsp3) is 0.308. The third-order valence-electron chi connectivity index (χ3n) is 5.72. The number of aryl methyl sites for hydroxylation is 1. The number of benzene rings is 2. The molecule has 0 unspecified atom stereocenters. The molecule has 0 N–H and O–H groups in total. The fourth-order valence-electron chi connectivity index (χ4n) is 4.22. The number of rotatable bonds is 5. The lowest BCUT2D eigenvalue weighted by atomic mass is 9.90. The van der Waals surface area contributed by atoms with Gasteiger partial charge < -0.3 is 4.90 Å². The molecule has 0 atom stereocenters. The molecule has 31 heavy (non-hydrogen) atoms. The van der Waals surface area contributed by atoms with Gasteiger partial charge in [-0.05, 0) is 67.5 Å². The van der Waals surface area contributed by atoms with Crippen LogP contribution in [-0.4, -0.2) is 14.1 Å². The molecule has 0 aliphatic heterocycles. The number of anilines is 1. The lowest BCUT2D eigenvalue weighted by Gasteiger charge is -2.23. The van der Waals surface area contributed by atoms with Crippen molar-refractivity contribution in [2.75, 3.05) is 19.0 Å². The Kier molecular flexibility index (Phi) is 6.75. The van der Waals surface area contributed by atoms with E-state index >= 15 is 13.2 Å². The normalized spacial score (nSPS) is 13.7. The molecule has 0 aromatic heterocycles. The van der Waals surface area contributed by atoms with Crippen LogP contribution in [0.25, 0.3) is 22.3 Å². The first kappa shape index (κ1) is 23.3. The summed E-state index contributed by atoms with van der Waals surface area (Å²) in [6, 6.07) is 3.33. The summed E-state index contributed by atoms with van der Waals surface area (Å²) >= 11 is 4.29. The Morgan fingerprint density at radius 2 is 1.74 bits per heavy atom. The van der Waals surface area contributed by atoms with Gasteiger partial charge in [-0.2, -0.15) is 0 Å². The van der Waals surface area contributed by atoms with Crippen LogP contribution in [0.3, 0.4) is 0 Å². The summed E-state index contributed by atoms with van der Waals surface area (Å²) in [7, 11) is 3.79. The van der Waals surface area contributed by atoms with E-state index in [0.717, 1.165) is 40.8 Å². The molecular formula is C26H28F3NS. The minimum Gasteiger partial charge on any atom is -0.377 e. The van der Waals surface area contributed by atoms with Crippen LogP contribution < -0.4 is 4.90 Å². The minimum atomic E-state index is -1.20. The highest BCUT2D eigenvalue weighted by atomic mass is 32.1. The van der Waals surface area contributed by atoms with Crippen molar-refractivity contribution < 1.29 is 13.2 Å². The summed E-state index contributed by atoms with van der Waals surface area (Å²) in [6.45, 7) is 9.70. The van der Waals surface area contributed by atoms with Gasteiger partial charge in [0.1, 0.15) is 5.82 Å². The number of hydrogen-bond donors (Lipinski definition) is 1. The highest BCUT2D eigenvalue weighted by molar-refractivity contribution is 7.80. The van der Waals surface area contributed by atoms with E-state index in [9.17, 15) is 0 Å². The van der Waals surface area contributed by atoms with Crippen molar-refractivity contribution in [3.05, 3.63) is 70.6 Å². The van der Waals surface area contributed by atoms with Crippen molar-refractivity contribution in [3.8, 4) is 11.1 Å². The Morgan fingerprint density at radius 1 is 1.10 bits per heavy atom. The summed E-state index contributed by atoms with van der Waals surface area (Å²) in [5.41, 5.74) is 4.58. The number of allylic oxidation sites excluding steroid dienone is 5. The minimum absolute atomic E-state index is 0.116. The molecule has 2 aromatic carbocycles. The Hall–Kier alpha value is -2.40. The SMILES string of the molecule is C=C(C)c1cc(-c2c(F)c(F)c(C3=CCCC(CC)=C3)c(S)c2F)cc(C)c1N(C)C. The summed E-state index contributed by atoms with van der Waals surface area (Å²) in [5, 5.41) is 0. The Bertz CT molecular complexity index is 1100. The first-order valence-electron chi connectivity index (χ1n) is 10.4. The van der Waals surface area contributed by atoms with Crippen molar-refractivity contribution in [1.29, 1.82) is 0 Å². The van der Waals surface area contributed by atoms with Gasteiger partial charge in [0, 0.05) is 30.9 Å². The lowest BCUT2D eigenvalue weighted by molar-refractivity contribution is 0.488. The van der Waals surface area contributed by atoms with E-state index in [1.165, 1.54) is 0 Å². The van der Waals surface area contributed by atoms with Crippen LogP contribution in [0.4, 0.5) is 18.9 Å². The van der Waals surface area contributed by atoms with Crippen LogP contribution in [0.1, 0.15) is 49.8 Å². The number of nitrogens with zero attached hydrogens (tertiary/aromatic N) is 1. The summed E-state index contributed by atoms with van der Waals surface area (Å²) in [5.74, 6) is -3.14. The molecule has 0 spiro atoms. The maximum absolute atomic E-state index is 15.5. The molecule has 0 bridgehead atoms. The predicted octanol–water partition coefficient (Wildman–Crippen LogP) is 7.98. The van der Waals surface area contributed by atoms with Gasteiger partial charge in [0.15, 0.2) is 11.6 Å². The quantitative estimate of drug-likeness (QED) is 0.362. The Balaban J connectivity index is 2.27. The molecule has 164 valence electrons. The van der Waals surface area contributed by atoms with E-state index < -0.39 is 23.0 Å². The van der Waals surface area contributed by atoms with Crippen molar-refractivity contribution in [3.63, 3.8) is 0 Å². The van der Waals surface area contributed by atoms with Gasteiger partial charge in [0.2, 0.25) is 0 Å². The van der Waals surface area contributed by atoms with Gasteiger partial charge in [0.25, 0.3) is 0 Å². The van der Waals surface area contributed by atoms with Crippen LogP contribution in [0.5, 0.6) is 0 Å². The van der Waals surface area contributed by atoms with E-state index in [0.29, 0.717) is 12.0 Å². The molecule has 0 radical (unpaired) electrons. The molecular weight excluding hydrogens is 415 g/mol. The van der Waals surface area contributed by atoms with Crippen molar-refractivity contribution in [2.45, 2.75) is 44.9 Å². The van der Waals surface area contributed by atoms with Crippen molar-refractivity contribution >= 4 is 29.5 Å². The zero-order valence-corrected chi connectivity index (χ0v) is 19.6. The summed E-state index contributed by atoms with van der Waals surface area (Å²) in [4.78, 5) is 1.75. The molecule has 1 nitrogen and oxygen atoms in total. The van der Waals surface area contributed by atoms with E-state index in [-0.39, 0.29) is 16.0 Å². The van der Waals surface area contributed by atoms with Crippen LogP contribution in [0, 0.1) is 24.4 Å². The van der Waals surface area contributed by atoms with Gasteiger partial charge in [-0.25, -0.2) is 13.2 Å². The van der Waals surface area contributed by atoms with Gasteiger partial charge >= 0.3 is 0 Å². The van der Waals surface area contributed by atoms with Gasteiger partial charge in [0.05, 0.1) is 10.5 Å². The number of thiol groups is 1. The van der Waals surface area contributed by atoms with Crippen LogP contribution in [-0.2, 0) is 0 Å². The second-order valence-corrected chi connectivity index (χ2v) is 8.71. The standard InChI is InChI=1S/C26H28F3NS/c1-7-16-9-8-10-17(12-16)21-23(28)22(27)20(24(29)26(21)31)18-11-15(4)25(30(5)6)19(13-18)14(2)3/h10-13,31H,2,7-9H2,1,3-6H3. The van der Waals surface area contributed by atoms with Crippen molar-refractivity contribution in [2.24, 2.45) is 0 Å². The molecule has 0 heterocycles. The second-order valence-electron chi connectivity index (χ2n) is 8.26. The van der Waals surface area contributed by atoms with Crippen LogP contribution in [0.15, 0.2) is 41.3 Å². The van der Waals surface area contributed by atoms with Crippen LogP contribution >= 0.6 is 12.6 Å². The molecule has 0 amide bonds. The third kappa shape index (κ3) is 4.20. The fourth-order valence-corrected chi connectivity index (χ4v) is 4.56. The van der Waals surface area contributed by atoms with Crippen LogP contribution in [0.2, 0.25) is 0 Å². The van der Waals surface area contributed by atoms with E-state index in [2.05, 4.69) is 19.2 Å². The third-order valence-corrected chi connectivity index (χ3v) is 6.14. The molecule has 5 heteroatoms. The van der Waals surface area contributed by atoms with Gasteiger partial charge in [-0.1, -0.05) is 31.2 Å². The molecule has 0 saturated carbocycles. The lowest BCUT2D eigenvalue weighted by Crippen LogP contribution is -2.13. The van der Waals surface area contributed by atoms with E-state index in [4.69, 9.17) is 0 Å². The number of hydrogen-bond acceptors (Lipinski definition) is 2. The predicted molar refractivity (Wildman–Crippen MR) is 128 cm³/mol. The van der Waals surface area contributed by atoms with Gasteiger partial charge in [-0.15, -0.1) is 12.6 Å². The van der Waals surface area contributed by atoms with Crippen molar-refractivity contribution in [1.82, 2.24) is 0 Å². The summed E-state index contributed by atoms with van der Waals surface area (Å²) in [6.07, 6.45) is 6.01. The molecule has 1 aliphatic carbocycles. The first-order valence-corrected chi connectivity index (χ1v) is 10.8. The first-order chi connectivity index (χ1) is 14.6. The molecule has 0 fully saturated rings. The maximum atomic E-state index is 15.5. The van der Waals surface area contributed by atoms with E-state index in [1.54, 1.807) is 12.1 Å². The average molecular weight is 444 g/mol. The Morgan fingerprint density at radius 3 is 2.32 bits per heavy atom. The zero-order valence-electron chi connectivity index (χ0n) is 18.7. The largest absolute Gasteiger partial charge is 0.377 e.